The predicted octanol–water partition coefficient (Wildman–Crippen LogP) is 4.79. The number of benzene rings is 2. The highest BCUT2D eigenvalue weighted by molar-refractivity contribution is 6.21. The molecule has 21 heavy (non-hydrogen) atoms. The summed E-state index contributed by atoms with van der Waals surface area (Å²) in [5, 5.41) is -0.0314. The maximum atomic E-state index is 6.71. The second kappa shape index (κ2) is 5.98. The third-order valence-corrected chi connectivity index (χ3v) is 4.74. The smallest absolute Gasteiger partial charge is 0.127 e. The Morgan fingerprint density at radius 3 is 2.48 bits per heavy atom. The van der Waals surface area contributed by atoms with Crippen LogP contribution in [-0.2, 0) is 0 Å². The van der Waals surface area contributed by atoms with Gasteiger partial charge < -0.3 is 9.47 Å². The first kappa shape index (κ1) is 14.3. The van der Waals surface area contributed by atoms with Crippen LogP contribution in [-0.4, -0.2) is 14.2 Å². The van der Waals surface area contributed by atoms with Crippen molar-refractivity contribution in [2.75, 3.05) is 14.2 Å². The molecular formula is C18H19ClO2. The monoisotopic (exact) mass is 302 g/mol. The molecule has 2 aromatic rings. The molecule has 2 aromatic carbocycles. The molecule has 3 unspecified atom stereocenters. The Bertz CT molecular complexity index is 612. The highest BCUT2D eigenvalue weighted by atomic mass is 35.5. The molecule has 110 valence electrons. The van der Waals surface area contributed by atoms with Gasteiger partial charge in [0.25, 0.3) is 0 Å². The van der Waals surface area contributed by atoms with Gasteiger partial charge in [-0.3, -0.25) is 0 Å². The molecule has 1 aliphatic carbocycles. The standard InChI is InChI=1S/C18H19ClO2/c1-20-13-8-9-14(17(10-13)21-2)18(19)16-11-15(16)12-6-4-3-5-7-12/h3-10,15-16,18H,11H2,1-2H3. The van der Waals surface area contributed by atoms with Crippen LogP contribution in [0.2, 0.25) is 0 Å². The van der Waals surface area contributed by atoms with Crippen LogP contribution in [0.4, 0.5) is 0 Å². The second-order valence-corrected chi connectivity index (χ2v) is 5.90. The van der Waals surface area contributed by atoms with Gasteiger partial charge >= 0.3 is 0 Å². The molecule has 0 aromatic heterocycles. The number of rotatable bonds is 5. The zero-order valence-corrected chi connectivity index (χ0v) is 13.0. The molecule has 0 bridgehead atoms. The highest BCUT2D eigenvalue weighted by Crippen LogP contribution is 2.57. The lowest BCUT2D eigenvalue weighted by atomic mass is 10.0. The molecule has 0 spiro atoms. The van der Waals surface area contributed by atoms with Gasteiger partial charge in [0, 0.05) is 11.6 Å². The fourth-order valence-corrected chi connectivity index (χ4v) is 3.36. The van der Waals surface area contributed by atoms with Crippen LogP contribution >= 0.6 is 11.6 Å². The van der Waals surface area contributed by atoms with Crippen molar-refractivity contribution in [2.45, 2.75) is 17.7 Å². The zero-order chi connectivity index (χ0) is 14.8. The van der Waals surface area contributed by atoms with E-state index in [0.717, 1.165) is 23.5 Å². The summed E-state index contributed by atoms with van der Waals surface area (Å²) in [5.74, 6) is 2.61. The molecule has 0 heterocycles. The molecule has 0 amide bonds. The van der Waals surface area contributed by atoms with E-state index in [-0.39, 0.29) is 5.38 Å². The minimum absolute atomic E-state index is 0.0314. The molecule has 3 rings (SSSR count). The summed E-state index contributed by atoms with van der Waals surface area (Å²) in [5.41, 5.74) is 2.42. The Balaban J connectivity index is 1.79. The first-order valence-corrected chi connectivity index (χ1v) is 7.59. The van der Waals surface area contributed by atoms with E-state index in [1.54, 1.807) is 14.2 Å². The quantitative estimate of drug-likeness (QED) is 0.740. The number of halogens is 1. The van der Waals surface area contributed by atoms with Crippen LogP contribution in [0.15, 0.2) is 48.5 Å². The molecule has 3 atom stereocenters. The van der Waals surface area contributed by atoms with E-state index in [9.17, 15) is 0 Å². The second-order valence-electron chi connectivity index (χ2n) is 5.43. The van der Waals surface area contributed by atoms with Crippen LogP contribution in [0.25, 0.3) is 0 Å². The Kier molecular flexibility index (Phi) is 4.07. The van der Waals surface area contributed by atoms with Crippen LogP contribution in [0.3, 0.4) is 0 Å². The van der Waals surface area contributed by atoms with E-state index in [4.69, 9.17) is 21.1 Å². The normalized spacial score (nSPS) is 21.7. The van der Waals surface area contributed by atoms with Crippen molar-refractivity contribution >= 4 is 11.6 Å². The summed E-state index contributed by atoms with van der Waals surface area (Å²) in [6, 6.07) is 16.4. The van der Waals surface area contributed by atoms with Gasteiger partial charge in [0.05, 0.1) is 19.6 Å². The SMILES string of the molecule is COc1ccc(C(Cl)C2CC2c2ccccc2)c(OC)c1. The minimum Gasteiger partial charge on any atom is -0.497 e. The molecule has 3 heteroatoms. The van der Waals surface area contributed by atoms with Gasteiger partial charge in [-0.05, 0) is 29.9 Å². The van der Waals surface area contributed by atoms with Crippen molar-refractivity contribution in [3.05, 3.63) is 59.7 Å². The lowest BCUT2D eigenvalue weighted by Crippen LogP contribution is -1.99. The Labute approximate surface area is 130 Å². The van der Waals surface area contributed by atoms with Crippen molar-refractivity contribution in [3.63, 3.8) is 0 Å². The largest absolute Gasteiger partial charge is 0.497 e. The molecule has 0 radical (unpaired) electrons. The van der Waals surface area contributed by atoms with Crippen molar-refractivity contribution in [1.29, 1.82) is 0 Å². The first-order chi connectivity index (χ1) is 10.2. The van der Waals surface area contributed by atoms with E-state index in [2.05, 4.69) is 24.3 Å². The van der Waals surface area contributed by atoms with Crippen molar-refractivity contribution in [1.82, 2.24) is 0 Å². The van der Waals surface area contributed by atoms with E-state index < -0.39 is 0 Å². The van der Waals surface area contributed by atoms with E-state index in [1.165, 1.54) is 5.56 Å². The lowest BCUT2D eigenvalue weighted by Gasteiger charge is -2.15. The number of hydrogen-bond acceptors (Lipinski definition) is 2. The van der Waals surface area contributed by atoms with Gasteiger partial charge in [-0.25, -0.2) is 0 Å². The molecule has 0 aliphatic heterocycles. The van der Waals surface area contributed by atoms with Gasteiger partial charge in [-0.2, -0.15) is 0 Å². The van der Waals surface area contributed by atoms with Crippen molar-refractivity contribution < 1.29 is 9.47 Å². The number of alkyl halides is 1. The molecule has 1 aliphatic rings. The maximum Gasteiger partial charge on any atom is 0.127 e. The van der Waals surface area contributed by atoms with Crippen LogP contribution in [0.1, 0.15) is 28.8 Å². The summed E-state index contributed by atoms with van der Waals surface area (Å²) in [4.78, 5) is 0. The molecule has 1 saturated carbocycles. The topological polar surface area (TPSA) is 18.5 Å². The van der Waals surface area contributed by atoms with Crippen molar-refractivity contribution in [3.8, 4) is 11.5 Å². The minimum atomic E-state index is -0.0314. The van der Waals surface area contributed by atoms with Crippen molar-refractivity contribution in [2.24, 2.45) is 5.92 Å². The maximum absolute atomic E-state index is 6.71. The van der Waals surface area contributed by atoms with Crippen LogP contribution < -0.4 is 9.47 Å². The van der Waals surface area contributed by atoms with Gasteiger partial charge in [0.1, 0.15) is 11.5 Å². The zero-order valence-electron chi connectivity index (χ0n) is 12.3. The third kappa shape index (κ3) is 2.86. The Morgan fingerprint density at radius 1 is 1.05 bits per heavy atom. The van der Waals surface area contributed by atoms with Gasteiger partial charge in [-0.1, -0.05) is 36.4 Å². The Morgan fingerprint density at radius 2 is 1.81 bits per heavy atom. The average molecular weight is 303 g/mol. The fraction of sp³-hybridized carbons (Fsp3) is 0.333. The van der Waals surface area contributed by atoms with Crippen LogP contribution in [0, 0.1) is 5.92 Å². The predicted molar refractivity (Wildman–Crippen MR) is 85.4 cm³/mol. The van der Waals surface area contributed by atoms with Gasteiger partial charge in [0.2, 0.25) is 0 Å². The highest BCUT2D eigenvalue weighted by Gasteiger charge is 2.44. The van der Waals surface area contributed by atoms with Gasteiger partial charge in [-0.15, -0.1) is 11.6 Å². The summed E-state index contributed by atoms with van der Waals surface area (Å²) in [7, 11) is 3.32. The summed E-state index contributed by atoms with van der Waals surface area (Å²) < 4.78 is 10.7. The number of hydrogen-bond donors (Lipinski definition) is 0. The van der Waals surface area contributed by atoms with Crippen LogP contribution in [0.5, 0.6) is 11.5 Å². The molecule has 0 saturated heterocycles. The summed E-state index contributed by atoms with van der Waals surface area (Å²) in [6.07, 6.45) is 1.13. The summed E-state index contributed by atoms with van der Waals surface area (Å²) in [6.45, 7) is 0. The van der Waals surface area contributed by atoms with E-state index in [1.807, 2.05) is 24.3 Å². The molecule has 0 N–H and O–H groups in total. The average Bonchev–Trinajstić information content (AvgIpc) is 3.35. The van der Waals surface area contributed by atoms with Gasteiger partial charge in [0.15, 0.2) is 0 Å². The fourth-order valence-electron chi connectivity index (χ4n) is 2.90. The Hall–Kier alpha value is -1.67. The van der Waals surface area contributed by atoms with E-state index >= 15 is 0 Å². The summed E-state index contributed by atoms with van der Waals surface area (Å²) >= 11 is 6.71. The molecular weight excluding hydrogens is 284 g/mol. The van der Waals surface area contributed by atoms with E-state index in [0.29, 0.717) is 11.8 Å². The molecule has 1 fully saturated rings. The number of methoxy groups -OCH3 is 2. The number of ether oxygens (including phenoxy) is 2. The first-order valence-electron chi connectivity index (χ1n) is 7.15. The lowest BCUT2D eigenvalue weighted by molar-refractivity contribution is 0.390. The molecule has 2 nitrogen and oxygen atoms in total. The third-order valence-electron chi connectivity index (χ3n) is 4.18.